The van der Waals surface area contributed by atoms with Gasteiger partial charge in [0.1, 0.15) is 12.4 Å². The van der Waals surface area contributed by atoms with Gasteiger partial charge in [-0.2, -0.15) is 0 Å². The highest BCUT2D eigenvalue weighted by Crippen LogP contribution is 1.98. The topological polar surface area (TPSA) is 30.2 Å². The van der Waals surface area contributed by atoms with E-state index in [4.69, 9.17) is 4.74 Å². The van der Waals surface area contributed by atoms with Crippen molar-refractivity contribution >= 4 is 13.4 Å². The maximum Gasteiger partial charge on any atom is 0.934 e. The first kappa shape index (κ1) is 13.5. The van der Waals surface area contributed by atoms with E-state index in [0.717, 1.165) is 12.4 Å². The van der Waals surface area contributed by atoms with Crippen LogP contribution in [-0.2, 0) is 4.74 Å². The van der Waals surface area contributed by atoms with Crippen LogP contribution < -0.4 is 9.18 Å². The number of rotatable bonds is 3. The number of aromatic nitrogens is 1. The van der Waals surface area contributed by atoms with Crippen molar-refractivity contribution in [2.45, 2.75) is 6.92 Å². The summed E-state index contributed by atoms with van der Waals surface area (Å²) in [7, 11) is -2.59. The fourth-order valence-electron chi connectivity index (χ4n) is 0.919. The molecule has 0 aliphatic carbocycles. The normalized spacial score (nSPS) is 9.00. The molecule has 7 heteroatoms. The number of hydrogen-bond donors (Lipinski definition) is 0. The second kappa shape index (κ2) is 6.05. The number of carbonyl (C=O) groups excluding carboxylic acids is 1. The van der Waals surface area contributed by atoms with Crippen molar-refractivity contribution in [3.63, 3.8) is 0 Å². The number of halogens is 3. The molecule has 1 aromatic rings. The first-order chi connectivity index (χ1) is 6.65. The van der Waals surface area contributed by atoms with Crippen LogP contribution in [0.1, 0.15) is 17.3 Å². The molecule has 0 saturated heterocycles. The highest BCUT2D eigenvalue weighted by atomic mass is 19.2. The van der Waals surface area contributed by atoms with Crippen LogP contribution >= 0.6 is 0 Å². The fourth-order valence-corrected chi connectivity index (χ4v) is 0.919. The molecule has 1 aromatic heterocycles. The van der Waals surface area contributed by atoms with Gasteiger partial charge in [-0.25, -0.2) is 17.9 Å². The van der Waals surface area contributed by atoms with Crippen LogP contribution in [0.5, 0.6) is 0 Å². The zero-order valence-corrected chi connectivity index (χ0v) is 7.99. The number of esters is 1. The Balaban J connectivity index is 0.00000196. The molecule has 0 bridgehead atoms. The molecule has 0 aliphatic rings. The summed E-state index contributed by atoms with van der Waals surface area (Å²) in [6, 6.07) is 2.59. The minimum atomic E-state index is -2.59. The molecule has 0 spiro atoms. The minimum absolute atomic E-state index is 0. The molecule has 0 amide bonds. The van der Waals surface area contributed by atoms with Gasteiger partial charge in [-0.3, -0.25) is 0 Å². The van der Waals surface area contributed by atoms with Gasteiger partial charge >= 0.3 is 13.4 Å². The Morgan fingerprint density at radius 1 is 1.47 bits per heavy atom. The van der Waals surface area contributed by atoms with E-state index in [-0.39, 0.29) is 16.9 Å². The summed E-state index contributed by atoms with van der Waals surface area (Å²) in [5.74, 6) is -0.506. The van der Waals surface area contributed by atoms with Gasteiger partial charge in [-0.05, 0) is 6.92 Å². The third-order valence-corrected chi connectivity index (χ3v) is 1.59. The summed E-state index contributed by atoms with van der Waals surface area (Å²) >= 11 is 0. The molecule has 82 valence electrons. The molecule has 1 heterocycles. The first-order valence-corrected chi connectivity index (χ1v) is 4.11. The monoisotopic (exact) mass is 219 g/mol. The van der Waals surface area contributed by atoms with Gasteiger partial charge in [0.2, 0.25) is 0 Å². The van der Waals surface area contributed by atoms with E-state index in [0.29, 0.717) is 4.48 Å². The lowest BCUT2D eigenvalue weighted by atomic mass is 10.2. The van der Waals surface area contributed by atoms with Gasteiger partial charge in [0.25, 0.3) is 0 Å². The van der Waals surface area contributed by atoms with Crippen LogP contribution in [0.15, 0.2) is 24.5 Å². The third kappa shape index (κ3) is 3.61. The molecule has 0 aromatic carbocycles. The summed E-state index contributed by atoms with van der Waals surface area (Å²) in [6.07, 6.45) is 2.27. The zero-order valence-electron chi connectivity index (χ0n) is 7.99. The van der Waals surface area contributed by atoms with Gasteiger partial charge in [-0.15, -0.1) is 0 Å². The number of carbonyl (C=O) groups is 1. The van der Waals surface area contributed by atoms with E-state index in [9.17, 15) is 13.4 Å². The second-order valence-corrected chi connectivity index (χ2v) is 2.53. The molecule has 0 unspecified atom stereocenters. The Hall–Kier alpha value is -1.53. The van der Waals surface area contributed by atoms with Gasteiger partial charge in [0, 0.05) is 12.1 Å². The lowest BCUT2D eigenvalue weighted by molar-refractivity contribution is -0.554. The summed E-state index contributed by atoms with van der Waals surface area (Å²) in [5.41, 5.74) is 0.267. The number of pyridine rings is 1. The summed E-state index contributed by atoms with van der Waals surface area (Å²) in [5, 5.41) is 0. The lowest BCUT2D eigenvalue weighted by Crippen LogP contribution is -3.00. The lowest BCUT2D eigenvalue weighted by Gasteiger charge is -1.99. The van der Waals surface area contributed by atoms with Gasteiger partial charge < -0.3 is 9.44 Å². The molecule has 1 rings (SSSR count). The third-order valence-electron chi connectivity index (χ3n) is 1.59. The van der Waals surface area contributed by atoms with Crippen LogP contribution in [0.25, 0.3) is 0 Å². The largest absolute Gasteiger partial charge is 1.00 e. The van der Waals surface area contributed by atoms with Crippen molar-refractivity contribution in [1.82, 2.24) is 0 Å². The SMILES string of the molecule is CCOC(=O)c1cc[n+](B(F)F)cc1.[F-]. The highest BCUT2D eigenvalue weighted by Gasteiger charge is 2.31. The fraction of sp³-hybridized carbons (Fsp3) is 0.250. The standard InChI is InChI=1S/C8H9BF2NO2.FH/c1-2-14-8(13)7-3-5-12(6-4-7)9(10)11;/h3-6H,2H2,1H3;1H/q+1;/p-1. The highest BCUT2D eigenvalue weighted by molar-refractivity contribution is 6.31. The average Bonchev–Trinajstić information content (AvgIpc) is 2.18. The van der Waals surface area contributed by atoms with E-state index in [1.807, 2.05) is 0 Å². The maximum absolute atomic E-state index is 12.1. The van der Waals surface area contributed by atoms with Crippen LogP contribution in [0, 0.1) is 0 Å². The molecular weight excluding hydrogens is 210 g/mol. The molecule has 3 nitrogen and oxygen atoms in total. The van der Waals surface area contributed by atoms with Crippen LogP contribution in [0.3, 0.4) is 0 Å². The zero-order chi connectivity index (χ0) is 10.6. The van der Waals surface area contributed by atoms with Crippen molar-refractivity contribution in [3.8, 4) is 0 Å². The summed E-state index contributed by atoms with van der Waals surface area (Å²) < 4.78 is 29.6. The van der Waals surface area contributed by atoms with Crippen molar-refractivity contribution < 1.29 is 27.3 Å². The maximum atomic E-state index is 12.1. The van der Waals surface area contributed by atoms with Crippen LogP contribution in [0.4, 0.5) is 8.63 Å². The second-order valence-electron chi connectivity index (χ2n) is 2.53. The van der Waals surface area contributed by atoms with Crippen molar-refractivity contribution in [1.29, 1.82) is 0 Å². The van der Waals surface area contributed by atoms with E-state index in [2.05, 4.69) is 0 Å². The first-order valence-electron chi connectivity index (χ1n) is 4.11. The summed E-state index contributed by atoms with van der Waals surface area (Å²) in [4.78, 5) is 11.1. The smallest absolute Gasteiger partial charge is 0.934 e. The van der Waals surface area contributed by atoms with Crippen LogP contribution in [-0.4, -0.2) is 20.0 Å². The molecule has 0 fully saturated rings. The Morgan fingerprint density at radius 2 is 2.00 bits per heavy atom. The molecule has 0 atom stereocenters. The number of nitrogens with zero attached hydrogens (tertiary/aromatic N) is 1. The van der Waals surface area contributed by atoms with E-state index in [1.165, 1.54) is 12.1 Å². The van der Waals surface area contributed by atoms with E-state index in [1.54, 1.807) is 6.92 Å². The molecule has 0 aliphatic heterocycles. The Morgan fingerprint density at radius 3 is 2.40 bits per heavy atom. The predicted molar refractivity (Wildman–Crippen MR) is 46.0 cm³/mol. The Bertz CT molecular complexity index is 318. The van der Waals surface area contributed by atoms with Gasteiger partial charge in [0.05, 0.1) is 12.2 Å². The quantitative estimate of drug-likeness (QED) is 0.431. The van der Waals surface area contributed by atoms with E-state index >= 15 is 0 Å². The van der Waals surface area contributed by atoms with Crippen molar-refractivity contribution in [3.05, 3.63) is 30.1 Å². The van der Waals surface area contributed by atoms with Crippen molar-refractivity contribution in [2.75, 3.05) is 6.61 Å². The van der Waals surface area contributed by atoms with Crippen molar-refractivity contribution in [2.24, 2.45) is 0 Å². The Labute approximate surface area is 85.2 Å². The molecule has 0 N–H and O–H groups in total. The molecule has 0 radical (unpaired) electrons. The predicted octanol–water partition coefficient (Wildman–Crippen LogP) is -2.07. The summed E-state index contributed by atoms with van der Waals surface area (Å²) in [6.45, 7) is 1.95. The molecule has 15 heavy (non-hydrogen) atoms. The minimum Gasteiger partial charge on any atom is -1.00 e. The molecule has 0 saturated carbocycles. The number of ether oxygens (including phenoxy) is 1. The number of hydrogen-bond acceptors (Lipinski definition) is 2. The van der Waals surface area contributed by atoms with Gasteiger partial charge in [-0.1, -0.05) is 0 Å². The van der Waals surface area contributed by atoms with Crippen LogP contribution in [0.2, 0.25) is 0 Å². The van der Waals surface area contributed by atoms with Gasteiger partial charge in [0.15, 0.2) is 0 Å². The Kier molecular flexibility index (Phi) is 5.44. The average molecular weight is 219 g/mol. The van der Waals surface area contributed by atoms with E-state index < -0.39 is 13.4 Å². The molecular formula is C8H9BF3NO2.